The Bertz CT molecular complexity index is 160. The summed E-state index contributed by atoms with van der Waals surface area (Å²) < 4.78 is -0.767. The van der Waals surface area contributed by atoms with E-state index in [1.807, 2.05) is 6.92 Å². The lowest BCUT2D eigenvalue weighted by Crippen LogP contribution is -2.04. The summed E-state index contributed by atoms with van der Waals surface area (Å²) in [7, 11) is 0. The molecule has 1 nitrogen and oxygen atoms in total. The van der Waals surface area contributed by atoms with Crippen LogP contribution in [0.5, 0.6) is 0 Å². The molecular formula is C7H11Cl3O. The summed E-state index contributed by atoms with van der Waals surface area (Å²) in [5.74, 6) is 0.519. The van der Waals surface area contributed by atoms with Gasteiger partial charge in [0.05, 0.1) is 0 Å². The molecule has 0 saturated heterocycles. The zero-order chi connectivity index (χ0) is 8.70. The van der Waals surface area contributed by atoms with Crippen molar-refractivity contribution in [3.05, 3.63) is 0 Å². The Hall–Kier alpha value is 0.830. The molecule has 66 valence electrons. The number of hydrogen-bond donors (Lipinski definition) is 1. The van der Waals surface area contributed by atoms with Crippen molar-refractivity contribution in [1.82, 2.24) is 0 Å². The van der Waals surface area contributed by atoms with E-state index in [-0.39, 0.29) is 17.9 Å². The molecule has 1 aliphatic carbocycles. The molecule has 0 amide bonds. The van der Waals surface area contributed by atoms with E-state index < -0.39 is 4.33 Å². The average molecular weight is 218 g/mol. The molecule has 0 radical (unpaired) electrons. The van der Waals surface area contributed by atoms with Gasteiger partial charge in [-0.1, -0.05) is 6.92 Å². The van der Waals surface area contributed by atoms with Crippen molar-refractivity contribution in [1.29, 1.82) is 0 Å². The van der Waals surface area contributed by atoms with E-state index in [1.54, 1.807) is 0 Å². The van der Waals surface area contributed by atoms with Crippen LogP contribution in [0.3, 0.4) is 0 Å². The first kappa shape index (κ1) is 9.91. The normalized spacial score (nSPS) is 40.6. The fraction of sp³-hybridized carbons (Fsp3) is 1.00. The molecule has 0 aliphatic heterocycles. The van der Waals surface area contributed by atoms with Crippen molar-refractivity contribution in [3.63, 3.8) is 0 Å². The second-order valence-corrected chi connectivity index (χ2v) is 4.98. The number of aliphatic hydroxyl groups is 1. The van der Waals surface area contributed by atoms with Gasteiger partial charge in [-0.3, -0.25) is 0 Å². The van der Waals surface area contributed by atoms with Gasteiger partial charge < -0.3 is 5.11 Å². The van der Waals surface area contributed by atoms with Gasteiger partial charge in [-0.25, -0.2) is 0 Å². The van der Waals surface area contributed by atoms with E-state index >= 15 is 0 Å². The van der Waals surface area contributed by atoms with Crippen LogP contribution in [-0.2, 0) is 0 Å². The van der Waals surface area contributed by atoms with Crippen LogP contribution in [0.25, 0.3) is 0 Å². The fourth-order valence-electron chi connectivity index (χ4n) is 1.53. The van der Waals surface area contributed by atoms with Crippen LogP contribution in [0.15, 0.2) is 0 Å². The third-order valence-electron chi connectivity index (χ3n) is 2.68. The van der Waals surface area contributed by atoms with E-state index in [0.29, 0.717) is 5.88 Å². The van der Waals surface area contributed by atoms with Crippen LogP contribution in [0.1, 0.15) is 13.3 Å². The lowest BCUT2D eigenvalue weighted by atomic mass is 10.0. The van der Waals surface area contributed by atoms with Crippen LogP contribution in [0, 0.1) is 11.3 Å². The topological polar surface area (TPSA) is 20.2 Å². The van der Waals surface area contributed by atoms with Crippen LogP contribution >= 0.6 is 34.8 Å². The number of alkyl halides is 3. The fourth-order valence-corrected chi connectivity index (χ4v) is 2.88. The highest BCUT2D eigenvalue weighted by molar-refractivity contribution is 6.51. The lowest BCUT2D eigenvalue weighted by Gasteiger charge is -2.07. The minimum absolute atomic E-state index is 0.0166. The summed E-state index contributed by atoms with van der Waals surface area (Å²) in [5, 5.41) is 8.89. The Kier molecular flexibility index (Phi) is 2.66. The Morgan fingerprint density at radius 3 is 2.27 bits per heavy atom. The molecule has 2 unspecified atom stereocenters. The molecule has 0 aromatic heterocycles. The predicted octanol–water partition coefficient (Wildman–Crippen LogP) is 2.42. The van der Waals surface area contributed by atoms with Crippen molar-refractivity contribution >= 4 is 34.8 Å². The number of aliphatic hydroxyl groups excluding tert-OH is 1. The summed E-state index contributed by atoms with van der Waals surface area (Å²) in [5.41, 5.74) is -0.188. The maximum absolute atomic E-state index is 8.89. The Labute approximate surface area is 81.6 Å². The van der Waals surface area contributed by atoms with E-state index in [9.17, 15) is 0 Å². The number of halogens is 3. The molecule has 0 aromatic carbocycles. The van der Waals surface area contributed by atoms with E-state index in [4.69, 9.17) is 39.9 Å². The highest BCUT2D eigenvalue weighted by atomic mass is 35.5. The molecule has 4 heteroatoms. The second kappa shape index (κ2) is 2.95. The molecule has 1 rings (SSSR count). The zero-order valence-electron chi connectivity index (χ0n) is 6.28. The molecule has 1 aliphatic rings. The Balaban J connectivity index is 2.61. The number of rotatable bonds is 3. The average Bonchev–Trinajstić information content (AvgIpc) is 2.28. The summed E-state index contributed by atoms with van der Waals surface area (Å²) in [4.78, 5) is 0. The molecule has 1 fully saturated rings. The lowest BCUT2D eigenvalue weighted by molar-refractivity contribution is 0.252. The molecule has 0 heterocycles. The van der Waals surface area contributed by atoms with Crippen LogP contribution in [0.4, 0.5) is 0 Å². The third kappa shape index (κ3) is 1.27. The highest BCUT2D eigenvalue weighted by Crippen LogP contribution is 2.70. The SMILES string of the molecule is CC1(CCCl)C(CO)C1(Cl)Cl. The molecular weight excluding hydrogens is 206 g/mol. The van der Waals surface area contributed by atoms with Gasteiger partial charge in [-0.2, -0.15) is 0 Å². The molecule has 1 saturated carbocycles. The van der Waals surface area contributed by atoms with Crippen molar-refractivity contribution in [2.75, 3.05) is 12.5 Å². The van der Waals surface area contributed by atoms with Crippen molar-refractivity contribution < 1.29 is 5.11 Å². The van der Waals surface area contributed by atoms with Crippen LogP contribution in [-0.4, -0.2) is 21.9 Å². The highest BCUT2D eigenvalue weighted by Gasteiger charge is 2.71. The monoisotopic (exact) mass is 216 g/mol. The zero-order valence-corrected chi connectivity index (χ0v) is 8.55. The molecule has 0 aromatic rings. The maximum Gasteiger partial charge on any atom is 0.129 e. The minimum Gasteiger partial charge on any atom is -0.396 e. The third-order valence-corrected chi connectivity index (χ3v) is 4.26. The van der Waals surface area contributed by atoms with Gasteiger partial charge in [0.2, 0.25) is 0 Å². The van der Waals surface area contributed by atoms with Gasteiger partial charge in [0.15, 0.2) is 0 Å². The standard InChI is InChI=1S/C7H11Cl3O/c1-6(2-3-8)5(4-11)7(6,9)10/h5,11H,2-4H2,1H3. The first-order chi connectivity index (χ1) is 5.00. The van der Waals surface area contributed by atoms with E-state index in [0.717, 1.165) is 6.42 Å². The predicted molar refractivity (Wildman–Crippen MR) is 48.5 cm³/mol. The molecule has 0 bridgehead atoms. The Morgan fingerprint density at radius 2 is 2.00 bits per heavy atom. The van der Waals surface area contributed by atoms with Gasteiger partial charge >= 0.3 is 0 Å². The maximum atomic E-state index is 8.89. The van der Waals surface area contributed by atoms with Crippen LogP contribution < -0.4 is 0 Å². The first-order valence-corrected chi connectivity index (χ1v) is 4.84. The second-order valence-electron chi connectivity index (χ2n) is 3.21. The molecule has 2 atom stereocenters. The first-order valence-electron chi connectivity index (χ1n) is 3.55. The van der Waals surface area contributed by atoms with Crippen molar-refractivity contribution in [3.8, 4) is 0 Å². The summed E-state index contributed by atoms with van der Waals surface area (Å²) in [6.07, 6.45) is 0.757. The van der Waals surface area contributed by atoms with Gasteiger partial charge in [-0.15, -0.1) is 34.8 Å². The van der Waals surface area contributed by atoms with Gasteiger partial charge in [-0.05, 0) is 6.42 Å². The molecule has 1 N–H and O–H groups in total. The van der Waals surface area contributed by atoms with Crippen molar-refractivity contribution in [2.45, 2.75) is 17.7 Å². The van der Waals surface area contributed by atoms with Gasteiger partial charge in [0.1, 0.15) is 4.33 Å². The van der Waals surface area contributed by atoms with Crippen molar-refractivity contribution in [2.24, 2.45) is 11.3 Å². The Morgan fingerprint density at radius 1 is 1.45 bits per heavy atom. The summed E-state index contributed by atoms with van der Waals surface area (Å²) in [6.45, 7) is 2.00. The summed E-state index contributed by atoms with van der Waals surface area (Å²) >= 11 is 17.5. The largest absolute Gasteiger partial charge is 0.396 e. The van der Waals surface area contributed by atoms with Crippen LogP contribution in [0.2, 0.25) is 0 Å². The van der Waals surface area contributed by atoms with Gasteiger partial charge in [0, 0.05) is 23.8 Å². The van der Waals surface area contributed by atoms with Gasteiger partial charge in [0.25, 0.3) is 0 Å². The van der Waals surface area contributed by atoms with E-state index in [1.165, 1.54) is 0 Å². The molecule has 11 heavy (non-hydrogen) atoms. The molecule has 0 spiro atoms. The summed E-state index contributed by atoms with van der Waals surface area (Å²) in [6, 6.07) is 0. The minimum atomic E-state index is -0.767. The van der Waals surface area contributed by atoms with E-state index in [2.05, 4.69) is 0 Å². The smallest absolute Gasteiger partial charge is 0.129 e. The quantitative estimate of drug-likeness (QED) is 0.720. The number of hydrogen-bond acceptors (Lipinski definition) is 1.